The van der Waals surface area contributed by atoms with Gasteiger partial charge in [-0.3, -0.25) is 4.79 Å². The van der Waals surface area contributed by atoms with Gasteiger partial charge in [0.05, 0.1) is 24.1 Å². The minimum absolute atomic E-state index is 0.0934. The number of carbonyl (C=O) groups excluding carboxylic acids is 1. The topological polar surface area (TPSA) is 35.5 Å². The third-order valence-electron chi connectivity index (χ3n) is 5.31. The van der Waals surface area contributed by atoms with Crippen molar-refractivity contribution in [3.05, 3.63) is 27.7 Å². The molecule has 0 heterocycles. The van der Waals surface area contributed by atoms with Gasteiger partial charge in [-0.1, -0.05) is 19.3 Å². The highest BCUT2D eigenvalue weighted by Crippen LogP contribution is 2.41. The molecule has 0 aliphatic heterocycles. The summed E-state index contributed by atoms with van der Waals surface area (Å²) in [6.07, 6.45) is 9.17. The molecule has 3 rings (SSSR count). The molecule has 1 saturated carbocycles. The molecular weight excluding hydrogens is 368 g/mol. The number of carbonyl (C=O) groups is 1. The van der Waals surface area contributed by atoms with Crippen LogP contribution in [0.4, 0.5) is 0 Å². The van der Waals surface area contributed by atoms with E-state index >= 15 is 0 Å². The van der Waals surface area contributed by atoms with Crippen molar-refractivity contribution in [3.63, 3.8) is 0 Å². The molecule has 0 radical (unpaired) electrons. The monoisotopic (exact) mass is 394 g/mol. The third-order valence-corrected chi connectivity index (χ3v) is 5.93. The van der Waals surface area contributed by atoms with Crippen molar-refractivity contribution in [2.45, 2.75) is 64.2 Å². The summed E-state index contributed by atoms with van der Waals surface area (Å²) < 4.78 is 12.2. The fraction of sp³-hybridized carbons (Fsp3) is 0.650. The zero-order valence-electron chi connectivity index (χ0n) is 14.5. The Morgan fingerprint density at radius 3 is 2.75 bits per heavy atom. The first-order chi connectivity index (χ1) is 11.7. The smallest absolute Gasteiger partial charge is 0.306 e. The van der Waals surface area contributed by atoms with Crippen LogP contribution in [0.2, 0.25) is 0 Å². The lowest BCUT2D eigenvalue weighted by atomic mass is 9.90. The van der Waals surface area contributed by atoms with Crippen LogP contribution in [-0.4, -0.2) is 19.2 Å². The molecule has 0 spiro atoms. The van der Waals surface area contributed by atoms with Crippen molar-refractivity contribution < 1.29 is 14.3 Å². The van der Waals surface area contributed by atoms with Crippen LogP contribution in [0.1, 0.15) is 68.9 Å². The molecule has 0 N–H and O–H groups in total. The lowest BCUT2D eigenvalue weighted by molar-refractivity contribution is -0.143. The van der Waals surface area contributed by atoms with Gasteiger partial charge in [0.1, 0.15) is 5.75 Å². The van der Waals surface area contributed by atoms with Crippen molar-refractivity contribution in [1.29, 1.82) is 0 Å². The fourth-order valence-corrected chi connectivity index (χ4v) is 4.47. The summed E-state index contributed by atoms with van der Waals surface area (Å²) in [5.74, 6) is 1.85. The van der Waals surface area contributed by atoms with Crippen molar-refractivity contribution in [2.75, 3.05) is 13.2 Å². The maximum absolute atomic E-state index is 11.8. The molecule has 2 aliphatic rings. The van der Waals surface area contributed by atoms with Gasteiger partial charge in [-0.2, -0.15) is 0 Å². The predicted octanol–water partition coefficient (Wildman–Crippen LogP) is 5.39. The quantitative estimate of drug-likeness (QED) is 0.606. The number of ether oxygens (including phenoxy) is 2. The molecule has 2 aliphatic carbocycles. The summed E-state index contributed by atoms with van der Waals surface area (Å²) in [4.78, 5) is 11.8. The summed E-state index contributed by atoms with van der Waals surface area (Å²) in [7, 11) is 0. The summed E-state index contributed by atoms with van der Waals surface area (Å²) in [5, 5.41) is 0. The van der Waals surface area contributed by atoms with E-state index in [1.807, 2.05) is 6.92 Å². The second kappa shape index (κ2) is 8.37. The average Bonchev–Trinajstić information content (AvgIpc) is 2.95. The first-order valence-corrected chi connectivity index (χ1v) is 10.1. The molecule has 1 unspecified atom stereocenters. The Bertz CT molecular complexity index is 578. The van der Waals surface area contributed by atoms with Crippen LogP contribution in [0.3, 0.4) is 0 Å². The van der Waals surface area contributed by atoms with Crippen molar-refractivity contribution in [2.24, 2.45) is 5.92 Å². The van der Waals surface area contributed by atoms with Gasteiger partial charge in [-0.25, -0.2) is 0 Å². The van der Waals surface area contributed by atoms with Gasteiger partial charge in [0, 0.05) is 0 Å². The fourth-order valence-electron chi connectivity index (χ4n) is 4.00. The highest BCUT2D eigenvalue weighted by molar-refractivity contribution is 9.10. The molecule has 0 aromatic heterocycles. The number of halogens is 1. The minimum atomic E-state index is -0.0934. The van der Waals surface area contributed by atoms with E-state index in [4.69, 9.17) is 9.47 Å². The van der Waals surface area contributed by atoms with E-state index in [9.17, 15) is 4.79 Å². The zero-order chi connectivity index (χ0) is 16.9. The van der Waals surface area contributed by atoms with Crippen LogP contribution in [-0.2, 0) is 16.0 Å². The van der Waals surface area contributed by atoms with Crippen LogP contribution < -0.4 is 4.74 Å². The predicted molar refractivity (Wildman–Crippen MR) is 98.5 cm³/mol. The molecule has 0 amide bonds. The SMILES string of the molecule is CCOC(=O)CC1CCc2cc(OCC3CCCCC3)c(Br)cc21. The Balaban J connectivity index is 1.64. The number of rotatable bonds is 6. The van der Waals surface area contributed by atoms with Gasteiger partial charge < -0.3 is 9.47 Å². The van der Waals surface area contributed by atoms with E-state index in [-0.39, 0.29) is 11.9 Å². The number of hydrogen-bond donors (Lipinski definition) is 0. The molecule has 132 valence electrons. The molecular formula is C20H27BrO3. The molecule has 1 fully saturated rings. The van der Waals surface area contributed by atoms with Gasteiger partial charge >= 0.3 is 5.97 Å². The van der Waals surface area contributed by atoms with Crippen molar-refractivity contribution >= 4 is 21.9 Å². The standard InChI is InChI=1S/C20H27BrO3/c1-2-23-20(22)11-16-9-8-15-10-19(18(21)12-17(15)16)24-13-14-6-4-3-5-7-14/h10,12,14,16H,2-9,11,13H2,1H3. The van der Waals surface area contributed by atoms with Gasteiger partial charge in [0.25, 0.3) is 0 Å². The summed E-state index contributed by atoms with van der Waals surface area (Å²) in [6.45, 7) is 3.13. The molecule has 24 heavy (non-hydrogen) atoms. The van der Waals surface area contributed by atoms with Crippen LogP contribution in [0, 0.1) is 5.92 Å². The van der Waals surface area contributed by atoms with Crippen molar-refractivity contribution in [1.82, 2.24) is 0 Å². The number of fused-ring (bicyclic) bond motifs is 1. The highest BCUT2D eigenvalue weighted by atomic mass is 79.9. The van der Waals surface area contributed by atoms with Crippen LogP contribution >= 0.6 is 15.9 Å². The van der Waals surface area contributed by atoms with Crippen LogP contribution in [0.5, 0.6) is 5.75 Å². The number of hydrogen-bond acceptors (Lipinski definition) is 3. The Kier molecular flexibility index (Phi) is 6.20. The summed E-state index contributed by atoms with van der Waals surface area (Å²) in [5.41, 5.74) is 2.60. The molecule has 3 nitrogen and oxygen atoms in total. The number of esters is 1. The Morgan fingerprint density at radius 2 is 2.00 bits per heavy atom. The first kappa shape index (κ1) is 17.8. The van der Waals surface area contributed by atoms with E-state index in [0.29, 0.717) is 18.9 Å². The Hall–Kier alpha value is -1.03. The van der Waals surface area contributed by atoms with E-state index in [2.05, 4.69) is 28.1 Å². The highest BCUT2D eigenvalue weighted by Gasteiger charge is 2.27. The van der Waals surface area contributed by atoms with Gasteiger partial charge in [0.2, 0.25) is 0 Å². The van der Waals surface area contributed by atoms with Gasteiger partial charge in [-0.05, 0) is 83.6 Å². The van der Waals surface area contributed by atoms with E-state index in [1.165, 1.54) is 43.2 Å². The maximum atomic E-state index is 11.8. The third kappa shape index (κ3) is 4.33. The normalized spacial score (nSPS) is 20.7. The molecule has 1 atom stereocenters. The maximum Gasteiger partial charge on any atom is 0.306 e. The van der Waals surface area contributed by atoms with Crippen LogP contribution in [0.15, 0.2) is 16.6 Å². The van der Waals surface area contributed by atoms with E-state index < -0.39 is 0 Å². The second-order valence-electron chi connectivity index (χ2n) is 7.04. The minimum Gasteiger partial charge on any atom is -0.492 e. The summed E-state index contributed by atoms with van der Waals surface area (Å²) in [6, 6.07) is 4.33. The van der Waals surface area contributed by atoms with E-state index in [0.717, 1.165) is 29.7 Å². The molecule has 4 heteroatoms. The van der Waals surface area contributed by atoms with Gasteiger partial charge in [-0.15, -0.1) is 0 Å². The lowest BCUT2D eigenvalue weighted by Gasteiger charge is -2.22. The number of aryl methyl sites for hydroxylation is 1. The molecule has 1 aromatic carbocycles. The van der Waals surface area contributed by atoms with E-state index in [1.54, 1.807) is 0 Å². The molecule has 0 bridgehead atoms. The van der Waals surface area contributed by atoms with Crippen molar-refractivity contribution in [3.8, 4) is 5.75 Å². The average molecular weight is 395 g/mol. The second-order valence-corrected chi connectivity index (χ2v) is 7.90. The zero-order valence-corrected chi connectivity index (χ0v) is 16.1. The first-order valence-electron chi connectivity index (χ1n) is 9.28. The van der Waals surface area contributed by atoms with Gasteiger partial charge in [0.15, 0.2) is 0 Å². The van der Waals surface area contributed by atoms with Crippen LogP contribution in [0.25, 0.3) is 0 Å². The lowest BCUT2D eigenvalue weighted by Crippen LogP contribution is -2.15. The number of benzene rings is 1. The summed E-state index contributed by atoms with van der Waals surface area (Å²) >= 11 is 3.66. The Labute approximate surface area is 153 Å². The molecule has 0 saturated heterocycles. The molecule has 1 aromatic rings. The Morgan fingerprint density at radius 1 is 1.21 bits per heavy atom. The largest absolute Gasteiger partial charge is 0.492 e.